The highest BCUT2D eigenvalue weighted by atomic mass is 16.5. The molecule has 0 aromatic rings. The fourth-order valence-corrected chi connectivity index (χ4v) is 5.30. The lowest BCUT2D eigenvalue weighted by molar-refractivity contribution is -0.154. The van der Waals surface area contributed by atoms with Crippen molar-refractivity contribution >= 4 is 5.97 Å². The summed E-state index contributed by atoms with van der Waals surface area (Å²) in [7, 11) is 0. The highest BCUT2D eigenvalue weighted by Gasteiger charge is 2.30. The zero-order valence-electron chi connectivity index (χ0n) is 21.8. The summed E-state index contributed by atoms with van der Waals surface area (Å²) < 4.78 is 5.97. The van der Waals surface area contributed by atoms with Crippen molar-refractivity contribution in [2.24, 2.45) is 17.3 Å². The van der Waals surface area contributed by atoms with Crippen molar-refractivity contribution in [1.82, 2.24) is 0 Å². The molecule has 0 aromatic carbocycles. The monoisotopic (exact) mass is 436 g/mol. The molecule has 3 atom stereocenters. The molecule has 184 valence electrons. The lowest BCUT2D eigenvalue weighted by atomic mass is 9.80. The van der Waals surface area contributed by atoms with Crippen molar-refractivity contribution in [1.29, 1.82) is 0 Å². The minimum Gasteiger partial charge on any atom is -0.465 e. The third-order valence-electron chi connectivity index (χ3n) is 7.60. The second-order valence-corrected chi connectivity index (χ2v) is 11.1. The van der Waals surface area contributed by atoms with Gasteiger partial charge in [-0.3, -0.25) is 4.79 Å². The molecule has 1 aliphatic carbocycles. The van der Waals surface area contributed by atoms with Gasteiger partial charge in [0, 0.05) is 5.41 Å². The summed E-state index contributed by atoms with van der Waals surface area (Å²) in [5.74, 6) is 0.931. The van der Waals surface area contributed by atoms with Crippen LogP contribution in [-0.2, 0) is 9.53 Å². The fourth-order valence-electron chi connectivity index (χ4n) is 5.30. The molecular weight excluding hydrogens is 380 g/mol. The van der Waals surface area contributed by atoms with Gasteiger partial charge in [0.1, 0.15) is 0 Å². The molecule has 1 aliphatic rings. The summed E-state index contributed by atoms with van der Waals surface area (Å²) in [5, 5.41) is 0. The van der Waals surface area contributed by atoms with E-state index in [0.717, 1.165) is 12.8 Å². The van der Waals surface area contributed by atoms with Gasteiger partial charge in [-0.05, 0) is 31.6 Å². The third-order valence-corrected chi connectivity index (χ3v) is 7.60. The van der Waals surface area contributed by atoms with E-state index in [1.54, 1.807) is 0 Å². The van der Waals surface area contributed by atoms with E-state index >= 15 is 0 Å². The van der Waals surface area contributed by atoms with E-state index in [2.05, 4.69) is 27.7 Å². The topological polar surface area (TPSA) is 26.3 Å². The van der Waals surface area contributed by atoms with Crippen molar-refractivity contribution in [3.63, 3.8) is 0 Å². The van der Waals surface area contributed by atoms with Crippen LogP contribution in [-0.4, -0.2) is 12.6 Å². The molecule has 1 rings (SSSR count). The van der Waals surface area contributed by atoms with Gasteiger partial charge in [-0.1, -0.05) is 130 Å². The van der Waals surface area contributed by atoms with Crippen molar-refractivity contribution in [2.45, 2.75) is 156 Å². The number of hydrogen-bond acceptors (Lipinski definition) is 2. The maximum absolute atomic E-state index is 12.7. The third kappa shape index (κ3) is 14.3. The van der Waals surface area contributed by atoms with E-state index in [1.165, 1.54) is 116 Å². The van der Waals surface area contributed by atoms with Crippen LogP contribution in [0.2, 0.25) is 0 Å². The van der Waals surface area contributed by atoms with Crippen LogP contribution in [0.4, 0.5) is 0 Å². The van der Waals surface area contributed by atoms with Gasteiger partial charge in [-0.25, -0.2) is 0 Å². The maximum Gasteiger partial charge on any atom is 0.308 e. The van der Waals surface area contributed by atoms with E-state index in [9.17, 15) is 4.79 Å². The van der Waals surface area contributed by atoms with Crippen LogP contribution in [0.5, 0.6) is 0 Å². The van der Waals surface area contributed by atoms with Gasteiger partial charge in [0.05, 0.1) is 12.5 Å². The Morgan fingerprint density at radius 3 is 1.74 bits per heavy atom. The predicted octanol–water partition coefficient (Wildman–Crippen LogP) is 9.64. The van der Waals surface area contributed by atoms with Gasteiger partial charge in [-0.15, -0.1) is 0 Å². The Kier molecular flexibility index (Phi) is 16.5. The molecule has 0 radical (unpaired) electrons. The largest absolute Gasteiger partial charge is 0.465 e. The Bertz CT molecular complexity index is 432. The van der Waals surface area contributed by atoms with Gasteiger partial charge < -0.3 is 4.74 Å². The predicted molar refractivity (Wildman–Crippen MR) is 135 cm³/mol. The Morgan fingerprint density at radius 2 is 1.26 bits per heavy atom. The lowest BCUT2D eigenvalue weighted by Crippen LogP contribution is -2.30. The zero-order chi connectivity index (χ0) is 22.8. The quantitative estimate of drug-likeness (QED) is 0.149. The number of ether oxygens (including phenoxy) is 1. The first-order valence-corrected chi connectivity index (χ1v) is 14.2. The molecule has 2 nitrogen and oxygen atoms in total. The summed E-state index contributed by atoms with van der Waals surface area (Å²) in [6, 6.07) is 0. The first kappa shape index (κ1) is 28.5. The summed E-state index contributed by atoms with van der Waals surface area (Å²) in [6.45, 7) is 9.87. The highest BCUT2D eigenvalue weighted by Crippen LogP contribution is 2.34. The van der Waals surface area contributed by atoms with Gasteiger partial charge in [0.2, 0.25) is 0 Å². The molecule has 0 heterocycles. The van der Waals surface area contributed by atoms with Crippen LogP contribution in [0.3, 0.4) is 0 Å². The second kappa shape index (κ2) is 18.0. The van der Waals surface area contributed by atoms with Crippen LogP contribution in [0.1, 0.15) is 156 Å². The number of esters is 1. The zero-order valence-corrected chi connectivity index (χ0v) is 21.8. The maximum atomic E-state index is 12.7. The average molecular weight is 437 g/mol. The van der Waals surface area contributed by atoms with Gasteiger partial charge in [0.25, 0.3) is 0 Å². The van der Waals surface area contributed by atoms with Crippen molar-refractivity contribution in [3.8, 4) is 0 Å². The lowest BCUT2D eigenvalue weighted by Gasteiger charge is -2.31. The number of hydrogen-bond donors (Lipinski definition) is 0. The van der Waals surface area contributed by atoms with E-state index in [1.807, 2.05) is 0 Å². The van der Waals surface area contributed by atoms with E-state index in [0.29, 0.717) is 12.5 Å². The first-order chi connectivity index (χ1) is 15.0. The molecule has 1 fully saturated rings. The standard InChI is InChI=1S/C29H56O2/c1-5-7-9-11-13-14-16-18-23-29(4,22-17-15-12-10-8-6-2)25-31-28(30)27-21-19-20-26(3)24-27/h26-27H,5-25H2,1-4H3. The molecule has 1 saturated carbocycles. The Morgan fingerprint density at radius 1 is 0.774 bits per heavy atom. The molecule has 31 heavy (non-hydrogen) atoms. The minimum atomic E-state index is 0.0941. The molecular formula is C29H56O2. The number of unbranched alkanes of at least 4 members (excludes halogenated alkanes) is 12. The highest BCUT2D eigenvalue weighted by molar-refractivity contribution is 5.72. The van der Waals surface area contributed by atoms with Crippen LogP contribution in [0.25, 0.3) is 0 Å². The summed E-state index contributed by atoms with van der Waals surface area (Å²) >= 11 is 0. The van der Waals surface area contributed by atoms with Gasteiger partial charge >= 0.3 is 5.97 Å². The van der Waals surface area contributed by atoms with Crippen LogP contribution < -0.4 is 0 Å². The van der Waals surface area contributed by atoms with E-state index in [-0.39, 0.29) is 17.3 Å². The molecule has 0 N–H and O–H groups in total. The van der Waals surface area contributed by atoms with Crippen molar-refractivity contribution < 1.29 is 9.53 Å². The Labute approximate surface area is 195 Å². The van der Waals surface area contributed by atoms with Gasteiger partial charge in [0.15, 0.2) is 0 Å². The molecule has 0 amide bonds. The smallest absolute Gasteiger partial charge is 0.308 e. The molecule has 0 aliphatic heterocycles. The molecule has 0 saturated heterocycles. The van der Waals surface area contributed by atoms with Crippen molar-refractivity contribution in [2.75, 3.05) is 6.61 Å². The number of carbonyl (C=O) groups excluding carboxylic acids is 1. The summed E-state index contributed by atoms with van der Waals surface area (Å²) in [6.07, 6.45) is 25.9. The number of carbonyl (C=O) groups is 1. The summed E-state index contributed by atoms with van der Waals surface area (Å²) in [5.41, 5.74) is 0.170. The van der Waals surface area contributed by atoms with E-state index in [4.69, 9.17) is 4.74 Å². The summed E-state index contributed by atoms with van der Waals surface area (Å²) in [4.78, 5) is 12.7. The second-order valence-electron chi connectivity index (χ2n) is 11.1. The SMILES string of the molecule is CCCCCCCCCCC(C)(CCCCCCCC)COC(=O)C1CCCC(C)C1. The van der Waals surface area contributed by atoms with Crippen LogP contribution >= 0.6 is 0 Å². The Hall–Kier alpha value is -0.530. The minimum absolute atomic E-state index is 0.0941. The molecule has 3 unspecified atom stereocenters. The van der Waals surface area contributed by atoms with Gasteiger partial charge in [-0.2, -0.15) is 0 Å². The van der Waals surface area contributed by atoms with Crippen LogP contribution in [0.15, 0.2) is 0 Å². The first-order valence-electron chi connectivity index (χ1n) is 14.2. The fraction of sp³-hybridized carbons (Fsp3) is 0.966. The normalized spacial score (nSPS) is 21.0. The number of rotatable bonds is 19. The van der Waals surface area contributed by atoms with Crippen LogP contribution in [0, 0.1) is 17.3 Å². The molecule has 0 spiro atoms. The molecule has 2 heteroatoms. The van der Waals surface area contributed by atoms with Crippen molar-refractivity contribution in [3.05, 3.63) is 0 Å². The molecule has 0 aromatic heterocycles. The molecule has 0 bridgehead atoms. The van der Waals surface area contributed by atoms with E-state index < -0.39 is 0 Å². The Balaban J connectivity index is 2.38. The average Bonchev–Trinajstić information content (AvgIpc) is 2.76.